The maximum Gasteiger partial charge on any atom is 0.269 e. The number of nitrogens with zero attached hydrogens (tertiary/aromatic N) is 1. The van der Waals surface area contributed by atoms with Gasteiger partial charge in [0.15, 0.2) is 0 Å². The zero-order valence-electron chi connectivity index (χ0n) is 11.2. The normalized spacial score (nSPS) is 12.5. The van der Waals surface area contributed by atoms with E-state index in [9.17, 15) is 15.2 Å². The van der Waals surface area contributed by atoms with Gasteiger partial charge in [0.25, 0.3) is 5.69 Å². The molecule has 0 radical (unpaired) electrons. The molecule has 0 aliphatic heterocycles. The third-order valence-corrected chi connectivity index (χ3v) is 3.41. The second-order valence-corrected chi connectivity index (χ2v) is 5.46. The highest BCUT2D eigenvalue weighted by molar-refractivity contribution is 5.32. The van der Waals surface area contributed by atoms with E-state index >= 15 is 0 Å². The highest BCUT2D eigenvalue weighted by Crippen LogP contribution is 2.21. The Morgan fingerprint density at radius 3 is 2.11 bits per heavy atom. The van der Waals surface area contributed by atoms with Gasteiger partial charge in [0.05, 0.1) is 10.5 Å². The van der Waals surface area contributed by atoms with E-state index in [1.807, 2.05) is 13.8 Å². The zero-order chi connectivity index (χ0) is 14.0. The van der Waals surface area contributed by atoms with Gasteiger partial charge in [-0.15, -0.1) is 0 Å². The number of rotatable bonds is 5. The molecule has 0 fully saturated rings. The van der Waals surface area contributed by atoms with Crippen LogP contribution in [0.15, 0.2) is 24.3 Å². The van der Waals surface area contributed by atoms with Crippen molar-refractivity contribution in [3.8, 4) is 0 Å². The Hall–Kier alpha value is -1.46. The number of nitro groups is 1. The van der Waals surface area contributed by atoms with Crippen LogP contribution in [0, 0.1) is 10.1 Å². The van der Waals surface area contributed by atoms with E-state index in [4.69, 9.17) is 0 Å². The molecule has 100 valence electrons. The molecular weight excluding hydrogens is 232 g/mol. The molecule has 0 spiro atoms. The average Bonchev–Trinajstić information content (AvgIpc) is 2.25. The molecule has 0 unspecified atom stereocenters. The van der Waals surface area contributed by atoms with Crippen LogP contribution in [0.2, 0.25) is 0 Å². The van der Waals surface area contributed by atoms with Gasteiger partial charge < -0.3 is 10.4 Å². The number of hydrogen-bond acceptors (Lipinski definition) is 4. The van der Waals surface area contributed by atoms with E-state index in [0.29, 0.717) is 6.54 Å². The first kappa shape index (κ1) is 14.6. The summed E-state index contributed by atoms with van der Waals surface area (Å²) >= 11 is 0. The van der Waals surface area contributed by atoms with E-state index < -0.39 is 16.1 Å². The van der Waals surface area contributed by atoms with E-state index in [-0.39, 0.29) is 5.69 Å². The number of aliphatic hydroxyl groups is 1. The summed E-state index contributed by atoms with van der Waals surface area (Å²) in [6, 6.07) is 6.39. The molecule has 18 heavy (non-hydrogen) atoms. The Morgan fingerprint density at radius 2 is 1.72 bits per heavy atom. The summed E-state index contributed by atoms with van der Waals surface area (Å²) in [4.78, 5) is 10.1. The average molecular weight is 252 g/mol. The van der Waals surface area contributed by atoms with Crippen molar-refractivity contribution in [3.05, 3.63) is 39.9 Å². The van der Waals surface area contributed by atoms with Crippen LogP contribution in [0.1, 0.15) is 33.3 Å². The Labute approximate surface area is 107 Å². The van der Waals surface area contributed by atoms with Gasteiger partial charge in [-0.25, -0.2) is 0 Å². The highest BCUT2D eigenvalue weighted by Gasteiger charge is 2.34. The molecule has 5 nitrogen and oxygen atoms in total. The smallest absolute Gasteiger partial charge is 0.269 e. The van der Waals surface area contributed by atoms with Crippen LogP contribution in [0.25, 0.3) is 0 Å². The van der Waals surface area contributed by atoms with Crippen LogP contribution >= 0.6 is 0 Å². The molecule has 1 aromatic rings. The van der Waals surface area contributed by atoms with Crippen molar-refractivity contribution in [1.82, 2.24) is 5.32 Å². The van der Waals surface area contributed by atoms with Gasteiger partial charge in [-0.2, -0.15) is 0 Å². The van der Waals surface area contributed by atoms with Gasteiger partial charge in [0.1, 0.15) is 0 Å². The Bertz CT molecular complexity index is 419. The minimum absolute atomic E-state index is 0.0838. The molecule has 0 amide bonds. The first-order valence-corrected chi connectivity index (χ1v) is 5.84. The van der Waals surface area contributed by atoms with Gasteiger partial charge in [-0.05, 0) is 33.3 Å². The second-order valence-electron chi connectivity index (χ2n) is 5.46. The minimum Gasteiger partial charge on any atom is -0.389 e. The predicted octanol–water partition coefficient (Wildman–Crippen LogP) is 2.23. The lowest BCUT2D eigenvalue weighted by molar-refractivity contribution is -0.384. The van der Waals surface area contributed by atoms with E-state index in [1.54, 1.807) is 26.0 Å². The highest BCUT2D eigenvalue weighted by atomic mass is 16.6. The van der Waals surface area contributed by atoms with Gasteiger partial charge in [0, 0.05) is 24.2 Å². The Morgan fingerprint density at radius 1 is 1.22 bits per heavy atom. The van der Waals surface area contributed by atoms with Crippen LogP contribution in [0.4, 0.5) is 5.69 Å². The van der Waals surface area contributed by atoms with E-state index in [0.717, 1.165) is 5.56 Å². The fourth-order valence-electron chi connectivity index (χ4n) is 1.27. The molecule has 1 aromatic carbocycles. The molecule has 0 aromatic heterocycles. The molecule has 5 heteroatoms. The van der Waals surface area contributed by atoms with Crippen LogP contribution < -0.4 is 5.32 Å². The second kappa shape index (κ2) is 5.04. The number of hydrogen-bond donors (Lipinski definition) is 2. The lowest BCUT2D eigenvalue weighted by Gasteiger charge is -2.38. The summed E-state index contributed by atoms with van der Waals surface area (Å²) in [6.45, 7) is 7.87. The third-order valence-electron chi connectivity index (χ3n) is 3.41. The molecule has 0 aliphatic carbocycles. The fraction of sp³-hybridized carbons (Fsp3) is 0.538. The molecule has 1 rings (SSSR count). The van der Waals surface area contributed by atoms with Crippen molar-refractivity contribution in [1.29, 1.82) is 0 Å². The topological polar surface area (TPSA) is 75.4 Å². The Balaban J connectivity index is 2.67. The van der Waals surface area contributed by atoms with Gasteiger partial charge in [-0.3, -0.25) is 10.1 Å². The SMILES string of the molecule is CC(C)(O)C(C)(C)NCc1ccc([N+](=O)[O-])cc1. The summed E-state index contributed by atoms with van der Waals surface area (Å²) in [5.74, 6) is 0. The number of non-ortho nitro benzene ring substituents is 1. The quantitative estimate of drug-likeness (QED) is 0.622. The first-order chi connectivity index (χ1) is 8.13. The molecule has 0 saturated carbocycles. The number of nitrogens with one attached hydrogen (secondary N) is 1. The molecular formula is C13H20N2O3. The molecule has 0 heterocycles. The summed E-state index contributed by atoms with van der Waals surface area (Å²) in [7, 11) is 0. The van der Waals surface area contributed by atoms with Crippen LogP contribution in [0.5, 0.6) is 0 Å². The van der Waals surface area contributed by atoms with Crippen LogP contribution in [-0.2, 0) is 6.54 Å². The Kier molecular flexibility index (Phi) is 4.09. The van der Waals surface area contributed by atoms with Crippen molar-refractivity contribution < 1.29 is 10.0 Å². The number of benzene rings is 1. The molecule has 2 N–H and O–H groups in total. The fourth-order valence-corrected chi connectivity index (χ4v) is 1.27. The van der Waals surface area contributed by atoms with Gasteiger partial charge in [0.2, 0.25) is 0 Å². The first-order valence-electron chi connectivity index (χ1n) is 5.84. The van der Waals surface area contributed by atoms with Crippen molar-refractivity contribution >= 4 is 5.69 Å². The monoisotopic (exact) mass is 252 g/mol. The van der Waals surface area contributed by atoms with Gasteiger partial charge >= 0.3 is 0 Å². The van der Waals surface area contributed by atoms with Crippen molar-refractivity contribution in [3.63, 3.8) is 0 Å². The maximum absolute atomic E-state index is 10.5. The predicted molar refractivity (Wildman–Crippen MR) is 70.3 cm³/mol. The standard InChI is InChI=1S/C13H20N2O3/c1-12(2,13(3,4)16)14-9-10-5-7-11(8-6-10)15(17)18/h5-8,14,16H,9H2,1-4H3. The van der Waals surface area contributed by atoms with Crippen molar-refractivity contribution in [2.45, 2.75) is 45.4 Å². The van der Waals surface area contributed by atoms with Gasteiger partial charge in [-0.1, -0.05) is 12.1 Å². The molecule has 0 bridgehead atoms. The lowest BCUT2D eigenvalue weighted by Crippen LogP contribution is -2.55. The van der Waals surface area contributed by atoms with E-state index in [1.165, 1.54) is 12.1 Å². The van der Waals surface area contributed by atoms with Crippen molar-refractivity contribution in [2.75, 3.05) is 0 Å². The summed E-state index contributed by atoms with van der Waals surface area (Å²) in [5, 5.41) is 23.8. The lowest BCUT2D eigenvalue weighted by atomic mass is 9.86. The van der Waals surface area contributed by atoms with Crippen LogP contribution in [0.3, 0.4) is 0 Å². The summed E-state index contributed by atoms with van der Waals surface area (Å²) < 4.78 is 0. The number of nitro benzene ring substituents is 1. The third kappa shape index (κ3) is 3.51. The minimum atomic E-state index is -0.853. The molecule has 0 aliphatic rings. The molecule has 0 atom stereocenters. The molecule has 0 saturated heterocycles. The summed E-state index contributed by atoms with van der Waals surface area (Å²) in [5.41, 5.74) is -0.277. The largest absolute Gasteiger partial charge is 0.389 e. The zero-order valence-corrected chi connectivity index (χ0v) is 11.2. The van der Waals surface area contributed by atoms with Crippen molar-refractivity contribution in [2.24, 2.45) is 0 Å². The van der Waals surface area contributed by atoms with Crippen LogP contribution in [-0.4, -0.2) is 21.2 Å². The maximum atomic E-state index is 10.5. The summed E-state index contributed by atoms with van der Waals surface area (Å²) in [6.07, 6.45) is 0. The van der Waals surface area contributed by atoms with E-state index in [2.05, 4.69) is 5.32 Å².